The van der Waals surface area contributed by atoms with Crippen LogP contribution in [-0.4, -0.2) is 35.2 Å². The molecule has 0 saturated heterocycles. The molecule has 32 heavy (non-hydrogen) atoms. The van der Waals surface area contributed by atoms with Gasteiger partial charge in [-0.05, 0) is 25.8 Å². The van der Waals surface area contributed by atoms with Gasteiger partial charge in [0.2, 0.25) is 5.91 Å². The second kappa shape index (κ2) is 9.60. The summed E-state index contributed by atoms with van der Waals surface area (Å²) in [7, 11) is 1.42. The molecule has 0 aliphatic carbocycles. The highest BCUT2D eigenvalue weighted by Gasteiger charge is 2.23. The van der Waals surface area contributed by atoms with Crippen molar-refractivity contribution in [3.8, 4) is 0 Å². The Kier molecular flexibility index (Phi) is 7.26. The third kappa shape index (κ3) is 4.97. The number of anilines is 1. The molecular weight excluding hydrogens is 475 g/mol. The molecule has 9 nitrogen and oxygen atoms in total. The number of carbonyl (C=O) groups is 1. The van der Waals surface area contributed by atoms with E-state index in [1.54, 1.807) is 13.8 Å². The van der Waals surface area contributed by atoms with Crippen LogP contribution in [-0.2, 0) is 18.4 Å². The smallest absolute Gasteiger partial charge is 0.308 e. The number of hydrogen-bond donors (Lipinski definition) is 1. The summed E-state index contributed by atoms with van der Waals surface area (Å²) < 4.78 is 2.51. The Bertz CT molecular complexity index is 1320. The minimum atomic E-state index is -0.656. The summed E-state index contributed by atoms with van der Waals surface area (Å²) in [6.07, 6.45) is 1.37. The first-order chi connectivity index (χ1) is 15.0. The fraction of sp³-hybridized carbons (Fsp3) is 0.400. The van der Waals surface area contributed by atoms with Gasteiger partial charge in [-0.25, -0.2) is 19.7 Å². The SMILES string of the molecule is Cc1nc(SC(C)C(=O)Nc2ncc(Cl)cc2Cl)c2c(=O)n(C)c(=O)n(CC(C)C)c2n1. The van der Waals surface area contributed by atoms with Crippen molar-refractivity contribution in [3.05, 3.63) is 49.0 Å². The van der Waals surface area contributed by atoms with Crippen molar-refractivity contribution in [3.63, 3.8) is 0 Å². The molecule has 3 aromatic heterocycles. The number of carbonyl (C=O) groups excluding carboxylic acids is 1. The van der Waals surface area contributed by atoms with Gasteiger partial charge in [-0.1, -0.05) is 48.8 Å². The lowest BCUT2D eigenvalue weighted by molar-refractivity contribution is -0.115. The first-order valence-corrected chi connectivity index (χ1v) is 11.4. The Morgan fingerprint density at radius 3 is 2.53 bits per heavy atom. The molecule has 12 heteroatoms. The molecule has 0 aromatic carbocycles. The van der Waals surface area contributed by atoms with Crippen LogP contribution in [0.5, 0.6) is 0 Å². The molecule has 1 atom stereocenters. The van der Waals surface area contributed by atoms with Gasteiger partial charge in [-0.15, -0.1) is 0 Å². The highest BCUT2D eigenvalue weighted by atomic mass is 35.5. The summed E-state index contributed by atoms with van der Waals surface area (Å²) in [5, 5.41) is 3.07. The Morgan fingerprint density at radius 1 is 1.22 bits per heavy atom. The summed E-state index contributed by atoms with van der Waals surface area (Å²) in [6, 6.07) is 1.47. The van der Waals surface area contributed by atoms with Crippen molar-refractivity contribution in [1.29, 1.82) is 0 Å². The molecule has 0 fully saturated rings. The minimum Gasteiger partial charge on any atom is -0.308 e. The largest absolute Gasteiger partial charge is 0.332 e. The number of halogens is 2. The first kappa shape index (κ1) is 24.2. The molecule has 1 N–H and O–H groups in total. The Balaban J connectivity index is 2.03. The molecule has 0 radical (unpaired) electrons. The lowest BCUT2D eigenvalue weighted by Gasteiger charge is -2.16. The van der Waals surface area contributed by atoms with Gasteiger partial charge >= 0.3 is 5.69 Å². The molecule has 0 spiro atoms. The zero-order valence-corrected chi connectivity index (χ0v) is 20.5. The van der Waals surface area contributed by atoms with Crippen LogP contribution in [0.4, 0.5) is 5.82 Å². The van der Waals surface area contributed by atoms with E-state index in [4.69, 9.17) is 23.2 Å². The average Bonchev–Trinajstić information content (AvgIpc) is 2.70. The predicted octanol–water partition coefficient (Wildman–Crippen LogP) is 3.28. The number of aryl methyl sites for hydroxylation is 1. The number of hydrogen-bond acceptors (Lipinski definition) is 7. The van der Waals surface area contributed by atoms with Crippen LogP contribution in [0.15, 0.2) is 26.9 Å². The van der Waals surface area contributed by atoms with E-state index in [1.807, 2.05) is 13.8 Å². The highest BCUT2D eigenvalue weighted by molar-refractivity contribution is 8.00. The molecule has 0 bridgehead atoms. The van der Waals surface area contributed by atoms with E-state index in [2.05, 4.69) is 20.3 Å². The Morgan fingerprint density at radius 2 is 1.91 bits per heavy atom. The molecule has 3 rings (SSSR count). The quantitative estimate of drug-likeness (QED) is 0.411. The van der Waals surface area contributed by atoms with Gasteiger partial charge in [0.05, 0.1) is 15.3 Å². The number of aromatic nitrogens is 5. The van der Waals surface area contributed by atoms with Gasteiger partial charge in [0.1, 0.15) is 16.2 Å². The summed E-state index contributed by atoms with van der Waals surface area (Å²) in [4.78, 5) is 51.2. The van der Waals surface area contributed by atoms with Crippen molar-refractivity contribution < 1.29 is 4.79 Å². The molecular formula is C20H22Cl2N6O3S. The fourth-order valence-electron chi connectivity index (χ4n) is 3.00. The van der Waals surface area contributed by atoms with Gasteiger partial charge in [0.25, 0.3) is 5.56 Å². The second-order valence-corrected chi connectivity index (χ2v) is 9.83. The Hall–Kier alpha value is -2.43. The minimum absolute atomic E-state index is 0.154. The van der Waals surface area contributed by atoms with Crippen molar-refractivity contribution in [2.24, 2.45) is 13.0 Å². The molecule has 0 aliphatic heterocycles. The maximum Gasteiger partial charge on any atom is 0.332 e. The normalized spacial score (nSPS) is 12.4. The maximum absolute atomic E-state index is 13.0. The highest BCUT2D eigenvalue weighted by Crippen LogP contribution is 2.28. The van der Waals surface area contributed by atoms with Crippen LogP contribution in [0.1, 0.15) is 26.6 Å². The summed E-state index contributed by atoms with van der Waals surface area (Å²) in [5.41, 5.74) is -0.696. The second-order valence-electron chi connectivity index (χ2n) is 7.66. The molecule has 3 heterocycles. The summed E-state index contributed by atoms with van der Waals surface area (Å²) >= 11 is 13.0. The number of nitrogens with one attached hydrogen (secondary N) is 1. The standard InChI is InChI=1S/C20H22Cl2N6O3S/c1-9(2)8-28-16-14(19(30)27(5)20(28)31)18(25-11(4)24-16)32-10(3)17(29)26-15-13(22)6-12(21)7-23-15/h6-7,9-10H,8H2,1-5H3,(H,23,26,29). The molecule has 1 unspecified atom stereocenters. The molecule has 3 aromatic rings. The van der Waals surface area contributed by atoms with E-state index in [9.17, 15) is 14.4 Å². The monoisotopic (exact) mass is 496 g/mol. The maximum atomic E-state index is 13.0. The lowest BCUT2D eigenvalue weighted by Crippen LogP contribution is -2.39. The first-order valence-electron chi connectivity index (χ1n) is 9.76. The van der Waals surface area contributed by atoms with E-state index in [-0.39, 0.29) is 33.7 Å². The fourth-order valence-corrected chi connectivity index (χ4v) is 4.41. The van der Waals surface area contributed by atoms with Crippen LogP contribution >= 0.6 is 35.0 Å². The van der Waals surface area contributed by atoms with Gasteiger partial charge in [-0.3, -0.25) is 18.7 Å². The van der Waals surface area contributed by atoms with E-state index in [0.717, 1.165) is 16.3 Å². The van der Waals surface area contributed by atoms with Gasteiger partial charge in [-0.2, -0.15) is 0 Å². The number of pyridine rings is 1. The summed E-state index contributed by atoms with van der Waals surface area (Å²) in [6.45, 7) is 7.67. The van der Waals surface area contributed by atoms with E-state index < -0.39 is 16.5 Å². The number of amides is 1. The average molecular weight is 497 g/mol. The van der Waals surface area contributed by atoms with E-state index in [0.29, 0.717) is 22.4 Å². The molecule has 0 aliphatic rings. The third-order valence-electron chi connectivity index (χ3n) is 4.52. The van der Waals surface area contributed by atoms with Crippen LogP contribution in [0.2, 0.25) is 10.0 Å². The third-order valence-corrected chi connectivity index (χ3v) is 6.10. The number of thioether (sulfide) groups is 1. The molecule has 0 saturated carbocycles. The van der Waals surface area contributed by atoms with Crippen molar-refractivity contribution in [1.82, 2.24) is 24.1 Å². The summed E-state index contributed by atoms with van der Waals surface area (Å²) in [5.74, 6) is 0.337. The van der Waals surface area contributed by atoms with Gasteiger partial charge < -0.3 is 5.32 Å². The molecule has 1 amide bonds. The lowest BCUT2D eigenvalue weighted by atomic mass is 10.2. The van der Waals surface area contributed by atoms with E-state index in [1.165, 1.54) is 23.9 Å². The topological polar surface area (TPSA) is 112 Å². The zero-order chi connectivity index (χ0) is 23.7. The van der Waals surface area contributed by atoms with Crippen molar-refractivity contribution >= 4 is 57.7 Å². The van der Waals surface area contributed by atoms with Crippen molar-refractivity contribution in [2.75, 3.05) is 5.32 Å². The van der Waals surface area contributed by atoms with Crippen LogP contribution in [0, 0.1) is 12.8 Å². The molecule has 170 valence electrons. The Labute approximate surface area is 198 Å². The zero-order valence-electron chi connectivity index (χ0n) is 18.1. The predicted molar refractivity (Wildman–Crippen MR) is 127 cm³/mol. The van der Waals surface area contributed by atoms with Gasteiger partial charge in [0, 0.05) is 19.8 Å². The van der Waals surface area contributed by atoms with Crippen LogP contribution in [0.3, 0.4) is 0 Å². The van der Waals surface area contributed by atoms with Gasteiger partial charge in [0.15, 0.2) is 11.5 Å². The number of rotatable bonds is 6. The van der Waals surface area contributed by atoms with Crippen LogP contribution in [0.25, 0.3) is 11.0 Å². The van der Waals surface area contributed by atoms with Crippen molar-refractivity contribution in [2.45, 2.75) is 44.5 Å². The number of nitrogens with zero attached hydrogens (tertiary/aromatic N) is 5. The van der Waals surface area contributed by atoms with Crippen LogP contribution < -0.4 is 16.6 Å². The number of fused-ring (bicyclic) bond motifs is 1. The van der Waals surface area contributed by atoms with E-state index >= 15 is 0 Å².